The lowest BCUT2D eigenvalue weighted by Crippen LogP contribution is -1.93. The second-order valence-electron chi connectivity index (χ2n) is 13.2. The third-order valence-corrected chi connectivity index (χ3v) is 10.4. The van der Waals surface area contributed by atoms with Crippen molar-refractivity contribution >= 4 is 53.9 Å². The highest BCUT2D eigenvalue weighted by molar-refractivity contribution is 6.25. The topological polar surface area (TPSA) is 0 Å². The van der Waals surface area contributed by atoms with Crippen LogP contribution in [0.1, 0.15) is 0 Å². The van der Waals surface area contributed by atoms with E-state index in [0.29, 0.717) is 0 Å². The molecule has 0 heteroatoms. The van der Waals surface area contributed by atoms with E-state index in [2.05, 4.69) is 194 Å². The summed E-state index contributed by atoms with van der Waals surface area (Å²) in [4.78, 5) is 0. The maximum absolute atomic E-state index is 2.40. The number of benzene rings is 10. The number of rotatable bonds is 4. The van der Waals surface area contributed by atoms with Crippen molar-refractivity contribution in [1.82, 2.24) is 0 Å². The molecular weight excluding hydrogens is 601 g/mol. The van der Waals surface area contributed by atoms with Gasteiger partial charge in [-0.2, -0.15) is 0 Å². The van der Waals surface area contributed by atoms with Gasteiger partial charge in [0.25, 0.3) is 0 Å². The van der Waals surface area contributed by atoms with Gasteiger partial charge in [-0.15, -0.1) is 0 Å². The Morgan fingerprint density at radius 2 is 0.740 bits per heavy atom. The van der Waals surface area contributed by atoms with Gasteiger partial charge in [-0.25, -0.2) is 0 Å². The highest BCUT2D eigenvalue weighted by Crippen LogP contribution is 2.47. The molecule has 0 amide bonds. The Kier molecular flexibility index (Phi) is 6.60. The third-order valence-electron chi connectivity index (χ3n) is 10.4. The fourth-order valence-electron chi connectivity index (χ4n) is 8.16. The summed E-state index contributed by atoms with van der Waals surface area (Å²) in [5.41, 5.74) is 9.96. The number of hydrogen-bond acceptors (Lipinski definition) is 0. The first-order valence-corrected chi connectivity index (χ1v) is 17.4. The molecule has 10 aromatic rings. The molecule has 0 aliphatic heterocycles. The first-order chi connectivity index (χ1) is 24.8. The van der Waals surface area contributed by atoms with Crippen molar-refractivity contribution in [2.24, 2.45) is 0 Å². The van der Waals surface area contributed by atoms with Gasteiger partial charge in [0.05, 0.1) is 0 Å². The maximum Gasteiger partial charge on any atom is -0.00201 e. The molecule has 0 aliphatic carbocycles. The fourth-order valence-corrected chi connectivity index (χ4v) is 8.16. The van der Waals surface area contributed by atoms with E-state index in [9.17, 15) is 0 Å². The molecule has 0 unspecified atom stereocenters. The van der Waals surface area contributed by atoms with Crippen LogP contribution < -0.4 is 0 Å². The van der Waals surface area contributed by atoms with Crippen LogP contribution in [0.5, 0.6) is 0 Å². The first kappa shape index (κ1) is 28.5. The number of hydrogen-bond donors (Lipinski definition) is 0. The molecule has 0 aromatic heterocycles. The molecule has 0 bridgehead atoms. The summed E-state index contributed by atoms with van der Waals surface area (Å²) in [7, 11) is 0. The summed E-state index contributed by atoms with van der Waals surface area (Å²) in [6, 6.07) is 71.3. The Morgan fingerprint density at radius 1 is 0.200 bits per heavy atom. The van der Waals surface area contributed by atoms with Crippen molar-refractivity contribution in [3.05, 3.63) is 194 Å². The predicted octanol–water partition coefficient (Wildman–Crippen LogP) is 14.1. The zero-order chi connectivity index (χ0) is 33.0. The molecule has 0 aliphatic rings. The summed E-state index contributed by atoms with van der Waals surface area (Å²) in [5.74, 6) is 0. The van der Waals surface area contributed by atoms with E-state index >= 15 is 0 Å². The zero-order valence-corrected chi connectivity index (χ0v) is 27.5. The number of fused-ring (bicyclic) bond motifs is 6. The SMILES string of the molecule is c1ccc(-c2ccc(-c3c4ccccc4c(-c4cccc5c4ccc4cc6ccccc6cc45)c4ccccc34)cc2-c2ccccc2)cc1. The lowest BCUT2D eigenvalue weighted by atomic mass is 9.83. The second kappa shape index (κ2) is 11.6. The minimum absolute atomic E-state index is 1.22. The Hall–Kier alpha value is -6.50. The maximum atomic E-state index is 2.40. The summed E-state index contributed by atoms with van der Waals surface area (Å²) < 4.78 is 0. The minimum atomic E-state index is 1.22. The first-order valence-electron chi connectivity index (χ1n) is 17.4. The van der Waals surface area contributed by atoms with Crippen LogP contribution in [0.3, 0.4) is 0 Å². The summed E-state index contributed by atoms with van der Waals surface area (Å²) in [6.45, 7) is 0. The van der Waals surface area contributed by atoms with E-state index in [-0.39, 0.29) is 0 Å². The highest BCUT2D eigenvalue weighted by atomic mass is 14.2. The van der Waals surface area contributed by atoms with Crippen LogP contribution in [-0.4, -0.2) is 0 Å². The van der Waals surface area contributed by atoms with Crippen molar-refractivity contribution < 1.29 is 0 Å². The van der Waals surface area contributed by atoms with Gasteiger partial charge in [0.15, 0.2) is 0 Å². The monoisotopic (exact) mass is 632 g/mol. The smallest absolute Gasteiger partial charge is 0.00201 e. The van der Waals surface area contributed by atoms with Gasteiger partial charge >= 0.3 is 0 Å². The van der Waals surface area contributed by atoms with E-state index in [4.69, 9.17) is 0 Å². The van der Waals surface area contributed by atoms with Crippen molar-refractivity contribution in [2.75, 3.05) is 0 Å². The van der Waals surface area contributed by atoms with Crippen LogP contribution in [-0.2, 0) is 0 Å². The van der Waals surface area contributed by atoms with Crippen molar-refractivity contribution in [1.29, 1.82) is 0 Å². The van der Waals surface area contributed by atoms with Gasteiger partial charge in [0.2, 0.25) is 0 Å². The van der Waals surface area contributed by atoms with Gasteiger partial charge in [0, 0.05) is 0 Å². The fraction of sp³-hybridized carbons (Fsp3) is 0. The van der Waals surface area contributed by atoms with E-state index in [1.54, 1.807) is 0 Å². The van der Waals surface area contributed by atoms with Crippen molar-refractivity contribution in [2.45, 2.75) is 0 Å². The van der Waals surface area contributed by atoms with Gasteiger partial charge in [0.1, 0.15) is 0 Å². The summed E-state index contributed by atoms with van der Waals surface area (Å²) in [5, 5.41) is 12.7. The molecule has 232 valence electrons. The van der Waals surface area contributed by atoms with Gasteiger partial charge in [-0.3, -0.25) is 0 Å². The van der Waals surface area contributed by atoms with Gasteiger partial charge in [-0.05, 0) is 117 Å². The molecule has 0 N–H and O–H groups in total. The molecule has 10 rings (SSSR count). The van der Waals surface area contributed by atoms with Crippen LogP contribution in [0.4, 0.5) is 0 Å². The van der Waals surface area contributed by atoms with E-state index in [1.165, 1.54) is 98.4 Å². The van der Waals surface area contributed by atoms with Gasteiger partial charge < -0.3 is 0 Å². The van der Waals surface area contributed by atoms with E-state index in [1.807, 2.05) is 0 Å². The normalized spacial score (nSPS) is 11.6. The Bertz CT molecular complexity index is 2840. The Balaban J connectivity index is 1.26. The predicted molar refractivity (Wildman–Crippen MR) is 216 cm³/mol. The van der Waals surface area contributed by atoms with Crippen LogP contribution in [0, 0.1) is 0 Å². The highest BCUT2D eigenvalue weighted by Gasteiger charge is 2.19. The van der Waals surface area contributed by atoms with Crippen molar-refractivity contribution in [3.63, 3.8) is 0 Å². The lowest BCUT2D eigenvalue weighted by molar-refractivity contribution is 1.58. The molecule has 0 nitrogen and oxygen atoms in total. The standard InChI is InChI=1S/C50H32/c1-3-14-33(15-4-1)39-28-27-38(32-47(39)34-16-5-2-6-17-34)49-43-20-9-11-22-45(43)50(46-23-12-10-21-44(46)49)42-25-13-24-40-41(42)29-26-37-30-35-18-7-8-19-36(35)31-48(37)40/h1-32H. The van der Waals surface area contributed by atoms with Crippen molar-refractivity contribution in [3.8, 4) is 44.5 Å². The third kappa shape index (κ3) is 4.54. The van der Waals surface area contributed by atoms with Crippen LogP contribution in [0.2, 0.25) is 0 Å². The average molecular weight is 633 g/mol. The quantitative estimate of drug-likeness (QED) is 0.134. The van der Waals surface area contributed by atoms with Gasteiger partial charge in [-0.1, -0.05) is 176 Å². The lowest BCUT2D eigenvalue weighted by Gasteiger charge is -2.20. The molecule has 0 heterocycles. The molecule has 0 fully saturated rings. The second-order valence-corrected chi connectivity index (χ2v) is 13.2. The molecule has 50 heavy (non-hydrogen) atoms. The van der Waals surface area contributed by atoms with Crippen LogP contribution in [0.25, 0.3) is 98.4 Å². The molecule has 10 aromatic carbocycles. The van der Waals surface area contributed by atoms with E-state index < -0.39 is 0 Å². The zero-order valence-electron chi connectivity index (χ0n) is 27.5. The van der Waals surface area contributed by atoms with E-state index in [0.717, 1.165) is 0 Å². The molecule has 0 spiro atoms. The molecule has 0 saturated heterocycles. The molecule has 0 saturated carbocycles. The minimum Gasteiger partial charge on any atom is -0.0622 e. The summed E-state index contributed by atoms with van der Waals surface area (Å²) in [6.07, 6.45) is 0. The van der Waals surface area contributed by atoms with Crippen LogP contribution >= 0.6 is 0 Å². The van der Waals surface area contributed by atoms with Crippen LogP contribution in [0.15, 0.2) is 194 Å². The molecular formula is C50H32. The largest absolute Gasteiger partial charge is 0.0622 e. The molecule has 0 atom stereocenters. The average Bonchev–Trinajstić information content (AvgIpc) is 3.19. The molecule has 0 radical (unpaired) electrons. The summed E-state index contributed by atoms with van der Waals surface area (Å²) >= 11 is 0. The Labute approximate surface area is 291 Å². The Morgan fingerprint density at radius 3 is 1.40 bits per heavy atom.